The minimum absolute atomic E-state index is 0.0360. The topological polar surface area (TPSA) is 95.9 Å². The number of hydrogen-bond acceptors (Lipinski definition) is 4. The number of fused-ring (bicyclic) bond motifs is 3. The Morgan fingerprint density at radius 1 is 1.09 bits per heavy atom. The second kappa shape index (κ2) is 10.9. The zero-order valence-electron chi connectivity index (χ0n) is 20.4. The average molecular weight is 479 g/mol. The number of benzene rings is 2. The Bertz CT molecular complexity index is 1040. The third-order valence-corrected chi connectivity index (χ3v) is 7.19. The summed E-state index contributed by atoms with van der Waals surface area (Å²) in [4.78, 5) is 38.9. The molecule has 2 unspecified atom stereocenters. The van der Waals surface area contributed by atoms with E-state index in [-0.39, 0.29) is 30.8 Å². The van der Waals surface area contributed by atoms with Crippen molar-refractivity contribution in [2.45, 2.75) is 64.0 Å². The van der Waals surface area contributed by atoms with Gasteiger partial charge in [-0.25, -0.2) is 9.59 Å². The molecule has 2 aliphatic rings. The van der Waals surface area contributed by atoms with Crippen molar-refractivity contribution in [3.05, 3.63) is 59.7 Å². The van der Waals surface area contributed by atoms with Crippen molar-refractivity contribution < 1.29 is 24.2 Å². The van der Waals surface area contributed by atoms with Gasteiger partial charge in [0, 0.05) is 24.9 Å². The largest absolute Gasteiger partial charge is 0.480 e. The van der Waals surface area contributed by atoms with Crippen LogP contribution in [0.5, 0.6) is 0 Å². The summed E-state index contributed by atoms with van der Waals surface area (Å²) < 4.78 is 5.65. The highest BCUT2D eigenvalue weighted by Gasteiger charge is 2.35. The number of alkyl carbamates (subject to hydrolysis) is 1. The fraction of sp³-hybridized carbons (Fsp3) is 0.464. The summed E-state index contributed by atoms with van der Waals surface area (Å²) in [6, 6.07) is 15.1. The summed E-state index contributed by atoms with van der Waals surface area (Å²) >= 11 is 0. The number of amides is 2. The van der Waals surface area contributed by atoms with Gasteiger partial charge in [-0.1, -0.05) is 68.8 Å². The lowest BCUT2D eigenvalue weighted by molar-refractivity contribution is -0.153. The van der Waals surface area contributed by atoms with Crippen LogP contribution in [-0.4, -0.2) is 53.2 Å². The van der Waals surface area contributed by atoms with E-state index in [0.29, 0.717) is 19.4 Å². The first kappa shape index (κ1) is 24.8. The Balaban J connectivity index is 1.37. The number of piperidine rings is 1. The molecule has 1 heterocycles. The van der Waals surface area contributed by atoms with Crippen molar-refractivity contribution >= 4 is 18.0 Å². The van der Waals surface area contributed by atoms with Crippen LogP contribution in [0, 0.1) is 5.92 Å². The molecule has 2 aromatic rings. The van der Waals surface area contributed by atoms with Crippen molar-refractivity contribution in [3.63, 3.8) is 0 Å². The molecule has 2 N–H and O–H groups in total. The van der Waals surface area contributed by atoms with Gasteiger partial charge < -0.3 is 20.1 Å². The zero-order chi connectivity index (χ0) is 24.9. The second-order valence-electron chi connectivity index (χ2n) is 9.73. The van der Waals surface area contributed by atoms with Crippen LogP contribution in [0.15, 0.2) is 48.5 Å². The molecule has 1 fully saturated rings. The van der Waals surface area contributed by atoms with Crippen LogP contribution >= 0.6 is 0 Å². The quantitative estimate of drug-likeness (QED) is 0.568. The molecule has 0 bridgehead atoms. The maximum atomic E-state index is 13.0. The minimum Gasteiger partial charge on any atom is -0.480 e. The molecular formula is C28H34N2O5. The van der Waals surface area contributed by atoms with E-state index in [1.54, 1.807) is 0 Å². The van der Waals surface area contributed by atoms with Gasteiger partial charge in [-0.3, -0.25) is 4.79 Å². The summed E-state index contributed by atoms with van der Waals surface area (Å²) in [6.45, 7) is 4.63. The maximum Gasteiger partial charge on any atom is 0.407 e. The number of nitrogens with zero attached hydrogens (tertiary/aromatic N) is 1. The highest BCUT2D eigenvalue weighted by Crippen LogP contribution is 2.44. The van der Waals surface area contributed by atoms with Crippen molar-refractivity contribution in [2.75, 3.05) is 13.2 Å². The van der Waals surface area contributed by atoms with Crippen LogP contribution in [-0.2, 0) is 14.3 Å². The smallest absolute Gasteiger partial charge is 0.407 e. The predicted molar refractivity (Wildman–Crippen MR) is 133 cm³/mol. The standard InChI is InChI=1S/C28H34N2O5/c1-3-8-19(16-26(31)30-14-13-18(2)15-25(30)27(32)33)29-28(34)35-17-24-22-11-6-4-9-20(22)21-10-5-7-12-23(21)24/h4-7,9-12,18-19,24-25H,3,8,13-17H2,1-2H3,(H,29,34)(H,32,33)/t18?,19-,25?/m0/s1. The third-order valence-electron chi connectivity index (χ3n) is 7.19. The normalized spacial score (nSPS) is 20.0. The summed E-state index contributed by atoms with van der Waals surface area (Å²) in [5.74, 6) is -0.972. The summed E-state index contributed by atoms with van der Waals surface area (Å²) in [7, 11) is 0. The number of hydrogen-bond donors (Lipinski definition) is 2. The number of carboxylic acids is 1. The Kier molecular flexibility index (Phi) is 7.73. The molecule has 0 saturated carbocycles. The van der Waals surface area contributed by atoms with Crippen LogP contribution in [0.2, 0.25) is 0 Å². The molecule has 2 amide bonds. The molecule has 0 spiro atoms. The van der Waals surface area contributed by atoms with Gasteiger partial charge in [0.1, 0.15) is 12.6 Å². The number of carboxylic acid groups (broad SMARTS) is 1. The molecule has 4 rings (SSSR count). The number of aliphatic carboxylic acids is 1. The van der Waals surface area contributed by atoms with Crippen molar-refractivity contribution in [1.82, 2.24) is 10.2 Å². The number of carbonyl (C=O) groups is 3. The molecular weight excluding hydrogens is 444 g/mol. The summed E-state index contributed by atoms with van der Waals surface area (Å²) in [5, 5.41) is 12.4. The lowest BCUT2D eigenvalue weighted by Crippen LogP contribution is -2.51. The molecule has 0 radical (unpaired) electrons. The second-order valence-corrected chi connectivity index (χ2v) is 9.73. The van der Waals surface area contributed by atoms with E-state index in [4.69, 9.17) is 4.74 Å². The molecule has 35 heavy (non-hydrogen) atoms. The molecule has 1 saturated heterocycles. The van der Waals surface area contributed by atoms with Gasteiger partial charge in [-0.2, -0.15) is 0 Å². The molecule has 7 nitrogen and oxygen atoms in total. The van der Waals surface area contributed by atoms with E-state index in [1.165, 1.54) is 4.90 Å². The fourth-order valence-corrected chi connectivity index (χ4v) is 5.38. The highest BCUT2D eigenvalue weighted by molar-refractivity contribution is 5.84. The van der Waals surface area contributed by atoms with Gasteiger partial charge in [0.05, 0.1) is 0 Å². The van der Waals surface area contributed by atoms with Crippen LogP contribution in [0.3, 0.4) is 0 Å². The van der Waals surface area contributed by atoms with E-state index in [1.807, 2.05) is 38.1 Å². The van der Waals surface area contributed by atoms with E-state index in [9.17, 15) is 19.5 Å². The molecule has 7 heteroatoms. The Morgan fingerprint density at radius 3 is 2.31 bits per heavy atom. The van der Waals surface area contributed by atoms with Crippen molar-refractivity contribution in [2.24, 2.45) is 5.92 Å². The van der Waals surface area contributed by atoms with Crippen molar-refractivity contribution in [1.29, 1.82) is 0 Å². The van der Waals surface area contributed by atoms with Crippen molar-refractivity contribution in [3.8, 4) is 11.1 Å². The molecule has 1 aliphatic carbocycles. The number of carbonyl (C=O) groups excluding carboxylic acids is 2. The van der Waals surface area contributed by atoms with Gasteiger partial charge in [-0.15, -0.1) is 0 Å². The molecule has 3 atom stereocenters. The minimum atomic E-state index is -0.971. The monoisotopic (exact) mass is 478 g/mol. The van der Waals surface area contributed by atoms with Crippen LogP contribution in [0.4, 0.5) is 4.79 Å². The molecule has 2 aromatic carbocycles. The van der Waals surface area contributed by atoms with E-state index >= 15 is 0 Å². The van der Waals surface area contributed by atoms with Gasteiger partial charge in [0.2, 0.25) is 5.91 Å². The third kappa shape index (κ3) is 5.50. The maximum absolute atomic E-state index is 13.0. The number of likely N-dealkylation sites (tertiary alicyclic amines) is 1. The lowest BCUT2D eigenvalue weighted by Gasteiger charge is -2.36. The summed E-state index contributed by atoms with van der Waals surface area (Å²) in [6.07, 6.45) is 2.14. The highest BCUT2D eigenvalue weighted by atomic mass is 16.5. The SMILES string of the molecule is CCC[C@@H](CC(=O)N1CCC(C)CC1C(=O)O)NC(=O)OCC1c2ccccc2-c2ccccc21. The molecule has 1 aliphatic heterocycles. The van der Waals surface area contributed by atoms with E-state index in [2.05, 4.69) is 29.6 Å². The number of rotatable bonds is 8. The first-order valence-corrected chi connectivity index (χ1v) is 12.5. The summed E-state index contributed by atoms with van der Waals surface area (Å²) in [5.41, 5.74) is 4.60. The van der Waals surface area contributed by atoms with E-state index < -0.39 is 24.1 Å². The number of nitrogens with one attached hydrogen (secondary N) is 1. The predicted octanol–water partition coefficient (Wildman–Crippen LogP) is 4.80. The average Bonchev–Trinajstić information content (AvgIpc) is 3.16. The molecule has 186 valence electrons. The lowest BCUT2D eigenvalue weighted by atomic mass is 9.92. The Labute approximate surface area is 206 Å². The van der Waals surface area contributed by atoms with E-state index in [0.717, 1.165) is 35.1 Å². The number of ether oxygens (including phenoxy) is 1. The van der Waals surface area contributed by atoms with Crippen LogP contribution < -0.4 is 5.32 Å². The van der Waals surface area contributed by atoms with Gasteiger partial charge in [0.15, 0.2) is 0 Å². The molecule has 0 aromatic heterocycles. The van der Waals surface area contributed by atoms with Gasteiger partial charge >= 0.3 is 12.1 Å². The van der Waals surface area contributed by atoms with Gasteiger partial charge in [-0.05, 0) is 47.4 Å². The Morgan fingerprint density at radius 2 is 1.71 bits per heavy atom. The first-order chi connectivity index (χ1) is 16.9. The first-order valence-electron chi connectivity index (χ1n) is 12.5. The van der Waals surface area contributed by atoms with Crippen LogP contribution in [0.1, 0.15) is 63.0 Å². The Hall–Kier alpha value is -3.35. The van der Waals surface area contributed by atoms with Gasteiger partial charge in [0.25, 0.3) is 0 Å². The fourth-order valence-electron chi connectivity index (χ4n) is 5.38. The zero-order valence-corrected chi connectivity index (χ0v) is 20.4. The van der Waals surface area contributed by atoms with Crippen LogP contribution in [0.25, 0.3) is 11.1 Å².